The summed E-state index contributed by atoms with van der Waals surface area (Å²) in [6.07, 6.45) is 0. The summed E-state index contributed by atoms with van der Waals surface area (Å²) in [7, 11) is 0. The Labute approximate surface area is 83.2 Å². The van der Waals surface area contributed by atoms with Crippen molar-refractivity contribution in [3.8, 4) is 0 Å². The van der Waals surface area contributed by atoms with E-state index in [4.69, 9.17) is 5.11 Å². The summed E-state index contributed by atoms with van der Waals surface area (Å²) in [5, 5.41) is 8.82. The van der Waals surface area contributed by atoms with Crippen molar-refractivity contribution in [2.45, 2.75) is 6.61 Å². The largest absolute Gasteiger partial charge is 0.392 e. The normalized spacial score (nSPS) is 20.4. The number of hydrogen-bond acceptors (Lipinski definition) is 4. The Bertz CT molecular complexity index is 388. The van der Waals surface area contributed by atoms with Gasteiger partial charge in [-0.15, -0.1) is 4.40 Å². The highest BCUT2D eigenvalue weighted by Gasteiger charge is 2.14. The lowest BCUT2D eigenvalue weighted by Gasteiger charge is -2.00. The molecule has 0 amide bonds. The van der Waals surface area contributed by atoms with Gasteiger partial charge in [-0.1, -0.05) is 24.3 Å². The van der Waals surface area contributed by atoms with Crippen LogP contribution in [-0.2, 0) is 22.2 Å². The van der Waals surface area contributed by atoms with Crippen molar-refractivity contribution < 1.29 is 13.6 Å². The van der Waals surface area contributed by atoms with Crippen molar-refractivity contribution in [2.24, 2.45) is 4.40 Å². The minimum Gasteiger partial charge on any atom is -0.392 e. The van der Waals surface area contributed by atoms with Crippen LogP contribution in [-0.4, -0.2) is 15.2 Å². The first-order valence-corrected chi connectivity index (χ1v) is 4.97. The van der Waals surface area contributed by atoms with Gasteiger partial charge in [0.1, 0.15) is 0 Å². The third-order valence-electron chi connectivity index (χ3n) is 1.79. The van der Waals surface area contributed by atoms with Gasteiger partial charge in [0.15, 0.2) is 5.84 Å². The van der Waals surface area contributed by atoms with E-state index in [1.54, 1.807) is 24.3 Å². The highest BCUT2D eigenvalue weighted by Crippen LogP contribution is 2.08. The van der Waals surface area contributed by atoms with Crippen LogP contribution in [0.3, 0.4) is 0 Å². The summed E-state index contributed by atoms with van der Waals surface area (Å²) >= 11 is -1.63. The van der Waals surface area contributed by atoms with Crippen LogP contribution in [0.25, 0.3) is 0 Å². The van der Waals surface area contributed by atoms with Gasteiger partial charge >= 0.3 is 11.3 Å². The van der Waals surface area contributed by atoms with Crippen LogP contribution in [0.1, 0.15) is 11.1 Å². The number of benzene rings is 1. The predicted octanol–water partition coefficient (Wildman–Crippen LogP) is 0.0390. The molecule has 0 spiro atoms. The molecule has 2 N–H and O–H groups in total. The first-order chi connectivity index (χ1) is 6.79. The minimum absolute atomic E-state index is 0.00259. The van der Waals surface area contributed by atoms with Gasteiger partial charge in [-0.05, 0) is 5.56 Å². The van der Waals surface area contributed by atoms with Gasteiger partial charge in [0.05, 0.1) is 6.61 Å². The SMILES string of the molecule is O=S1N=C(c2ccc(CO)cc2)NO1. The molecule has 1 aromatic carbocycles. The molecule has 1 aliphatic rings. The van der Waals surface area contributed by atoms with Crippen LogP contribution in [0, 0.1) is 0 Å². The number of nitrogens with one attached hydrogen (secondary N) is 1. The van der Waals surface area contributed by atoms with Crippen molar-refractivity contribution in [1.29, 1.82) is 0 Å². The lowest BCUT2D eigenvalue weighted by Crippen LogP contribution is -2.17. The highest BCUT2D eigenvalue weighted by atomic mass is 32.2. The molecule has 1 atom stereocenters. The van der Waals surface area contributed by atoms with Gasteiger partial charge in [0.25, 0.3) is 0 Å². The zero-order valence-electron chi connectivity index (χ0n) is 7.14. The van der Waals surface area contributed by atoms with Gasteiger partial charge in [-0.25, -0.2) is 9.69 Å². The molecule has 0 aromatic heterocycles. The minimum atomic E-state index is -1.63. The van der Waals surface area contributed by atoms with Gasteiger partial charge < -0.3 is 5.11 Å². The van der Waals surface area contributed by atoms with Crippen LogP contribution in [0.4, 0.5) is 0 Å². The van der Waals surface area contributed by atoms with Crippen LogP contribution in [0.2, 0.25) is 0 Å². The summed E-state index contributed by atoms with van der Waals surface area (Å²) in [5.74, 6) is 0.438. The molecule has 74 valence electrons. The zero-order chi connectivity index (χ0) is 9.97. The maximum atomic E-state index is 10.7. The number of hydrogen-bond donors (Lipinski definition) is 2. The molecule has 0 saturated carbocycles. The molecule has 2 rings (SSSR count). The van der Waals surface area contributed by atoms with E-state index in [1.165, 1.54) is 0 Å². The molecule has 0 saturated heterocycles. The second-order valence-corrected chi connectivity index (χ2v) is 3.48. The van der Waals surface area contributed by atoms with Gasteiger partial charge in [-0.3, -0.25) is 0 Å². The smallest absolute Gasteiger partial charge is 0.309 e. The van der Waals surface area contributed by atoms with E-state index < -0.39 is 11.3 Å². The summed E-state index contributed by atoms with van der Waals surface area (Å²) < 4.78 is 19.0. The summed E-state index contributed by atoms with van der Waals surface area (Å²) in [6.45, 7) is 0.00259. The zero-order valence-corrected chi connectivity index (χ0v) is 7.95. The van der Waals surface area contributed by atoms with Crippen molar-refractivity contribution >= 4 is 17.1 Å². The molecule has 1 heterocycles. The topological polar surface area (TPSA) is 70.9 Å². The van der Waals surface area contributed by atoms with Crippen LogP contribution in [0.5, 0.6) is 0 Å². The van der Waals surface area contributed by atoms with E-state index in [9.17, 15) is 4.21 Å². The van der Waals surface area contributed by atoms with Gasteiger partial charge in [-0.2, -0.15) is 4.28 Å². The lowest BCUT2D eigenvalue weighted by molar-refractivity contribution is 0.282. The molecule has 0 fully saturated rings. The average molecular weight is 212 g/mol. The first kappa shape index (κ1) is 9.32. The second-order valence-electron chi connectivity index (χ2n) is 2.70. The Morgan fingerprint density at radius 3 is 2.64 bits per heavy atom. The Hall–Kier alpha value is -1.24. The number of amidine groups is 1. The van der Waals surface area contributed by atoms with Crippen LogP contribution in [0.15, 0.2) is 28.7 Å². The van der Waals surface area contributed by atoms with E-state index in [2.05, 4.69) is 14.2 Å². The van der Waals surface area contributed by atoms with E-state index >= 15 is 0 Å². The molecule has 5 nitrogen and oxygen atoms in total. The summed E-state index contributed by atoms with van der Waals surface area (Å²) in [5.41, 5.74) is 4.03. The van der Waals surface area contributed by atoms with E-state index in [-0.39, 0.29) is 6.61 Å². The van der Waals surface area contributed by atoms with Crippen molar-refractivity contribution in [2.75, 3.05) is 0 Å². The molecular formula is C8H8N2O3S. The maximum Gasteiger partial charge on any atom is 0.309 e. The van der Waals surface area contributed by atoms with Crippen molar-refractivity contribution in [3.05, 3.63) is 35.4 Å². The Balaban J connectivity index is 2.25. The van der Waals surface area contributed by atoms with E-state index in [0.29, 0.717) is 5.84 Å². The highest BCUT2D eigenvalue weighted by molar-refractivity contribution is 7.79. The standard InChI is InChI=1S/C8H8N2O3S/c11-5-6-1-3-7(4-2-6)8-9-13-14(12)10-8/h1-4,11H,5H2,(H,9,10). The molecule has 1 aliphatic heterocycles. The van der Waals surface area contributed by atoms with E-state index in [1.807, 2.05) is 0 Å². The first-order valence-electron chi connectivity index (χ1n) is 3.93. The summed E-state index contributed by atoms with van der Waals surface area (Å²) in [6, 6.07) is 7.06. The number of hydroxylamine groups is 1. The second kappa shape index (κ2) is 3.87. The molecule has 0 aliphatic carbocycles. The van der Waals surface area contributed by atoms with Gasteiger partial charge in [0.2, 0.25) is 0 Å². The Morgan fingerprint density at radius 1 is 1.43 bits per heavy atom. The number of aliphatic hydroxyl groups is 1. The fourth-order valence-corrected chi connectivity index (χ4v) is 1.55. The molecule has 0 radical (unpaired) electrons. The van der Waals surface area contributed by atoms with Crippen LogP contribution >= 0.6 is 0 Å². The van der Waals surface area contributed by atoms with Crippen molar-refractivity contribution in [3.63, 3.8) is 0 Å². The molecule has 6 heteroatoms. The number of aliphatic hydroxyl groups excluding tert-OH is 1. The number of nitrogens with zero attached hydrogens (tertiary/aromatic N) is 1. The molecule has 0 bridgehead atoms. The number of rotatable bonds is 2. The molecule has 14 heavy (non-hydrogen) atoms. The fourth-order valence-electron chi connectivity index (χ4n) is 1.07. The predicted molar refractivity (Wildman–Crippen MR) is 51.3 cm³/mol. The third kappa shape index (κ3) is 1.82. The third-order valence-corrected chi connectivity index (χ3v) is 2.34. The average Bonchev–Trinajstić information content (AvgIpc) is 2.65. The summed E-state index contributed by atoms with van der Waals surface area (Å²) in [4.78, 5) is 0. The molecule has 1 unspecified atom stereocenters. The monoisotopic (exact) mass is 212 g/mol. The van der Waals surface area contributed by atoms with E-state index in [0.717, 1.165) is 11.1 Å². The molecular weight excluding hydrogens is 204 g/mol. The molecule has 1 aromatic rings. The van der Waals surface area contributed by atoms with Crippen molar-refractivity contribution in [1.82, 2.24) is 5.48 Å². The Kier molecular flexibility index (Phi) is 2.58. The maximum absolute atomic E-state index is 10.7. The van der Waals surface area contributed by atoms with Crippen LogP contribution < -0.4 is 5.48 Å². The lowest BCUT2D eigenvalue weighted by atomic mass is 10.1. The quantitative estimate of drug-likeness (QED) is 0.726. The fraction of sp³-hybridized carbons (Fsp3) is 0.125. The van der Waals surface area contributed by atoms with Gasteiger partial charge in [0, 0.05) is 5.56 Å². The Morgan fingerprint density at radius 2 is 2.14 bits per heavy atom.